The number of carboxylic acids is 1. The first-order valence-corrected chi connectivity index (χ1v) is 7.07. The highest BCUT2D eigenvalue weighted by molar-refractivity contribution is 5.91. The summed E-state index contributed by atoms with van der Waals surface area (Å²) in [5, 5.41) is 17.7. The van der Waals surface area contributed by atoms with Crippen molar-refractivity contribution in [3.8, 4) is 11.5 Å². The van der Waals surface area contributed by atoms with Gasteiger partial charge < -0.3 is 19.7 Å². The quantitative estimate of drug-likeness (QED) is 0.839. The van der Waals surface area contributed by atoms with E-state index >= 15 is 0 Å². The van der Waals surface area contributed by atoms with Crippen molar-refractivity contribution in [2.24, 2.45) is 0 Å². The molecule has 2 aromatic carbocycles. The third kappa shape index (κ3) is 4.49. The van der Waals surface area contributed by atoms with E-state index in [9.17, 15) is 9.59 Å². The summed E-state index contributed by atoms with van der Waals surface area (Å²) < 4.78 is 9.69. The summed E-state index contributed by atoms with van der Waals surface area (Å²) >= 11 is 0. The minimum absolute atomic E-state index is 0.0184. The van der Waals surface area contributed by atoms with Crippen molar-refractivity contribution < 1.29 is 29.3 Å². The molecular weight excluding hydrogens is 312 g/mol. The molecule has 2 rings (SSSR count). The average molecular weight is 332 g/mol. The molecule has 0 aliphatic heterocycles. The smallest absolute Gasteiger partial charge is 0.338 e. The van der Waals surface area contributed by atoms with E-state index in [1.807, 2.05) is 13.0 Å². The summed E-state index contributed by atoms with van der Waals surface area (Å²) in [4.78, 5) is 21.7. The van der Waals surface area contributed by atoms with Crippen LogP contribution in [0.2, 0.25) is 0 Å². The molecule has 0 spiro atoms. The number of aromatic hydroxyl groups is 1. The summed E-state index contributed by atoms with van der Waals surface area (Å²) in [6.07, 6.45) is 0. The molecule has 0 heterocycles. The molecule has 0 radical (unpaired) electrons. The number of carboxylic acid groups (broad SMARTS) is 1. The zero-order valence-electron chi connectivity index (χ0n) is 14.0. The Hall–Kier alpha value is -3.02. The van der Waals surface area contributed by atoms with Gasteiger partial charge in [0.15, 0.2) is 0 Å². The standard InChI is InChI=1S/C10H12O3.C8H8O3/c1-7-8(10(11)13-3)5-4-6-9(7)12-2;1-5-6(8(10)11)3-2-4-7(5)9/h4-6H,1-3H3;2-4,9H,1H3,(H,10,11). The molecule has 0 amide bonds. The van der Waals surface area contributed by atoms with E-state index < -0.39 is 5.97 Å². The summed E-state index contributed by atoms with van der Waals surface area (Å²) in [6.45, 7) is 3.39. The third-order valence-electron chi connectivity index (χ3n) is 3.44. The van der Waals surface area contributed by atoms with Gasteiger partial charge in [0.05, 0.1) is 25.3 Å². The lowest BCUT2D eigenvalue weighted by molar-refractivity contribution is 0.0598. The molecule has 0 saturated heterocycles. The highest BCUT2D eigenvalue weighted by Gasteiger charge is 2.11. The first-order chi connectivity index (χ1) is 11.3. The number of phenols is 1. The highest BCUT2D eigenvalue weighted by Crippen LogP contribution is 2.21. The van der Waals surface area contributed by atoms with Crippen molar-refractivity contribution in [3.05, 3.63) is 58.7 Å². The maximum absolute atomic E-state index is 11.2. The van der Waals surface area contributed by atoms with Crippen molar-refractivity contribution in [3.63, 3.8) is 0 Å². The Bertz CT molecular complexity index is 736. The van der Waals surface area contributed by atoms with Gasteiger partial charge in [0, 0.05) is 11.1 Å². The molecule has 2 N–H and O–H groups in total. The Morgan fingerprint density at radius 2 is 1.50 bits per heavy atom. The van der Waals surface area contributed by atoms with E-state index in [0.717, 1.165) is 5.56 Å². The van der Waals surface area contributed by atoms with Crippen LogP contribution in [0.3, 0.4) is 0 Å². The molecule has 6 heteroatoms. The van der Waals surface area contributed by atoms with Crippen molar-refractivity contribution in [2.45, 2.75) is 13.8 Å². The Morgan fingerprint density at radius 1 is 0.917 bits per heavy atom. The van der Waals surface area contributed by atoms with Crippen LogP contribution in [0.5, 0.6) is 11.5 Å². The van der Waals surface area contributed by atoms with Crippen LogP contribution in [0.4, 0.5) is 0 Å². The number of aromatic carboxylic acids is 1. The molecular formula is C18H20O6. The molecule has 24 heavy (non-hydrogen) atoms. The van der Waals surface area contributed by atoms with Crippen molar-refractivity contribution in [1.82, 2.24) is 0 Å². The number of carbonyl (C=O) groups excluding carboxylic acids is 1. The second-order valence-electron chi connectivity index (χ2n) is 4.88. The van der Waals surface area contributed by atoms with Crippen LogP contribution in [0.15, 0.2) is 36.4 Å². The lowest BCUT2D eigenvalue weighted by atomic mass is 10.1. The zero-order valence-corrected chi connectivity index (χ0v) is 14.0. The van der Waals surface area contributed by atoms with Gasteiger partial charge in [0.1, 0.15) is 11.5 Å². The summed E-state index contributed by atoms with van der Waals surface area (Å²) in [6, 6.07) is 9.70. The predicted molar refractivity (Wildman–Crippen MR) is 88.9 cm³/mol. The molecule has 128 valence electrons. The molecule has 0 atom stereocenters. The minimum atomic E-state index is -1.02. The van der Waals surface area contributed by atoms with Crippen LogP contribution < -0.4 is 4.74 Å². The lowest BCUT2D eigenvalue weighted by Gasteiger charge is -2.07. The topological polar surface area (TPSA) is 93.1 Å². The second-order valence-corrected chi connectivity index (χ2v) is 4.88. The molecule has 6 nitrogen and oxygen atoms in total. The number of methoxy groups -OCH3 is 2. The molecule has 2 aromatic rings. The maximum atomic E-state index is 11.2. The number of phenolic OH excluding ortho intramolecular Hbond substituents is 1. The predicted octanol–water partition coefficient (Wildman–Crippen LogP) is 3.19. The van der Waals surface area contributed by atoms with Crippen LogP contribution >= 0.6 is 0 Å². The van der Waals surface area contributed by atoms with E-state index in [4.69, 9.17) is 14.9 Å². The highest BCUT2D eigenvalue weighted by atomic mass is 16.5. The van der Waals surface area contributed by atoms with Gasteiger partial charge in [0.2, 0.25) is 0 Å². The second kappa shape index (κ2) is 8.57. The molecule has 0 aliphatic rings. The van der Waals surface area contributed by atoms with Crippen LogP contribution in [-0.4, -0.2) is 36.4 Å². The zero-order chi connectivity index (χ0) is 18.3. The SMILES string of the molecule is COC(=O)c1cccc(OC)c1C.Cc1c(O)cccc1C(=O)O. The Kier molecular flexibility index (Phi) is 6.79. The Morgan fingerprint density at radius 3 is 2.00 bits per heavy atom. The van der Waals surface area contributed by atoms with Gasteiger partial charge in [-0.05, 0) is 38.1 Å². The van der Waals surface area contributed by atoms with Crippen LogP contribution in [0.1, 0.15) is 31.8 Å². The van der Waals surface area contributed by atoms with Gasteiger partial charge in [-0.2, -0.15) is 0 Å². The number of rotatable bonds is 3. The van der Waals surface area contributed by atoms with Gasteiger partial charge in [0.25, 0.3) is 0 Å². The van der Waals surface area contributed by atoms with E-state index in [-0.39, 0.29) is 17.3 Å². The van der Waals surface area contributed by atoms with Gasteiger partial charge in [-0.15, -0.1) is 0 Å². The summed E-state index contributed by atoms with van der Waals surface area (Å²) in [5.74, 6) is -0.636. The van der Waals surface area contributed by atoms with Crippen molar-refractivity contribution in [1.29, 1.82) is 0 Å². The van der Waals surface area contributed by atoms with Gasteiger partial charge in [-0.25, -0.2) is 9.59 Å². The Balaban J connectivity index is 0.000000243. The maximum Gasteiger partial charge on any atom is 0.338 e. The fraction of sp³-hybridized carbons (Fsp3) is 0.222. The van der Waals surface area contributed by atoms with Crippen LogP contribution in [0, 0.1) is 13.8 Å². The Labute approximate surface area is 140 Å². The number of carbonyl (C=O) groups is 2. The lowest BCUT2D eigenvalue weighted by Crippen LogP contribution is -2.04. The number of esters is 1. The van der Waals surface area contributed by atoms with Gasteiger partial charge in [-0.3, -0.25) is 0 Å². The van der Waals surface area contributed by atoms with Gasteiger partial charge >= 0.3 is 11.9 Å². The van der Waals surface area contributed by atoms with E-state index in [1.165, 1.54) is 25.3 Å². The summed E-state index contributed by atoms with van der Waals surface area (Å²) in [7, 11) is 2.94. The molecule has 0 saturated carbocycles. The first kappa shape index (κ1) is 19.0. The molecule has 0 bridgehead atoms. The fourth-order valence-electron chi connectivity index (χ4n) is 2.02. The molecule has 0 aromatic heterocycles. The molecule has 0 unspecified atom stereocenters. The largest absolute Gasteiger partial charge is 0.508 e. The number of benzene rings is 2. The molecule has 0 fully saturated rings. The van der Waals surface area contributed by atoms with Gasteiger partial charge in [-0.1, -0.05) is 12.1 Å². The van der Waals surface area contributed by atoms with E-state index in [2.05, 4.69) is 4.74 Å². The van der Waals surface area contributed by atoms with Crippen molar-refractivity contribution in [2.75, 3.05) is 14.2 Å². The number of ether oxygens (including phenoxy) is 2. The first-order valence-electron chi connectivity index (χ1n) is 7.07. The van der Waals surface area contributed by atoms with E-state index in [1.54, 1.807) is 26.2 Å². The van der Waals surface area contributed by atoms with E-state index in [0.29, 0.717) is 16.9 Å². The van der Waals surface area contributed by atoms with Crippen molar-refractivity contribution >= 4 is 11.9 Å². The summed E-state index contributed by atoms with van der Waals surface area (Å²) in [5.41, 5.74) is 1.89. The third-order valence-corrected chi connectivity index (χ3v) is 3.44. The number of hydrogen-bond acceptors (Lipinski definition) is 5. The minimum Gasteiger partial charge on any atom is -0.508 e. The fourth-order valence-corrected chi connectivity index (χ4v) is 2.02. The normalized spacial score (nSPS) is 9.50. The number of hydrogen-bond donors (Lipinski definition) is 2. The average Bonchev–Trinajstić information content (AvgIpc) is 2.57. The molecule has 0 aliphatic carbocycles. The van der Waals surface area contributed by atoms with Crippen LogP contribution in [0.25, 0.3) is 0 Å². The van der Waals surface area contributed by atoms with Crippen LogP contribution in [-0.2, 0) is 4.74 Å². The monoisotopic (exact) mass is 332 g/mol.